The highest BCUT2D eigenvalue weighted by Crippen LogP contribution is 2.60. The third kappa shape index (κ3) is 1.85. The fourth-order valence-corrected chi connectivity index (χ4v) is 3.59. The summed E-state index contributed by atoms with van der Waals surface area (Å²) in [6.07, 6.45) is 4.58. The average Bonchev–Trinajstić information content (AvgIpc) is 3.12. The zero-order valence-corrected chi connectivity index (χ0v) is 11.4. The molecule has 0 heterocycles. The molecule has 2 nitrogen and oxygen atoms in total. The second-order valence-electron chi connectivity index (χ2n) is 5.44. The lowest BCUT2D eigenvalue weighted by Gasteiger charge is -2.26. The van der Waals surface area contributed by atoms with Crippen LogP contribution in [0.4, 0.5) is 0 Å². The Morgan fingerprint density at radius 3 is 3.11 bits per heavy atom. The Bertz CT molecular complexity index is 473. The molecular formula is C15H19NOS. The van der Waals surface area contributed by atoms with Crippen molar-refractivity contribution in [2.75, 3.05) is 12.3 Å². The minimum atomic E-state index is 0.162. The van der Waals surface area contributed by atoms with E-state index >= 15 is 0 Å². The van der Waals surface area contributed by atoms with Gasteiger partial charge in [-0.25, -0.2) is 0 Å². The van der Waals surface area contributed by atoms with E-state index in [1.807, 2.05) is 0 Å². The van der Waals surface area contributed by atoms with Crippen molar-refractivity contribution in [3.05, 3.63) is 35.4 Å². The van der Waals surface area contributed by atoms with Gasteiger partial charge in [0.2, 0.25) is 5.91 Å². The normalized spacial score (nSPS) is 28.8. The second-order valence-corrected chi connectivity index (χ2v) is 5.89. The van der Waals surface area contributed by atoms with Gasteiger partial charge in [-0.15, -0.1) is 0 Å². The van der Waals surface area contributed by atoms with Gasteiger partial charge in [-0.3, -0.25) is 4.79 Å². The van der Waals surface area contributed by atoms with Crippen molar-refractivity contribution in [2.45, 2.75) is 31.1 Å². The second kappa shape index (κ2) is 4.61. The van der Waals surface area contributed by atoms with Crippen LogP contribution in [0.5, 0.6) is 0 Å². The van der Waals surface area contributed by atoms with Crippen LogP contribution in [0.2, 0.25) is 0 Å². The maximum absolute atomic E-state index is 12.1. The summed E-state index contributed by atoms with van der Waals surface area (Å²) in [6, 6.07) is 8.65. The Morgan fingerprint density at radius 1 is 1.44 bits per heavy atom. The van der Waals surface area contributed by atoms with Gasteiger partial charge in [0.05, 0.1) is 0 Å². The van der Waals surface area contributed by atoms with E-state index in [-0.39, 0.29) is 17.2 Å². The summed E-state index contributed by atoms with van der Waals surface area (Å²) in [5.74, 6) is 1.13. The van der Waals surface area contributed by atoms with Gasteiger partial charge in [0.15, 0.2) is 0 Å². The number of carbonyl (C=O) groups is 1. The third-order valence-electron chi connectivity index (χ3n) is 4.43. The number of carbonyl (C=O) groups excluding carboxylic acids is 1. The molecule has 0 aromatic heterocycles. The van der Waals surface area contributed by atoms with E-state index < -0.39 is 0 Å². The van der Waals surface area contributed by atoms with E-state index in [9.17, 15) is 4.79 Å². The average molecular weight is 261 g/mol. The first kappa shape index (κ1) is 12.1. The quantitative estimate of drug-likeness (QED) is 0.803. The van der Waals surface area contributed by atoms with E-state index in [4.69, 9.17) is 0 Å². The molecule has 1 aromatic rings. The molecular weight excluding hydrogens is 242 g/mol. The minimum absolute atomic E-state index is 0.162. The number of fused-ring (bicyclic) bond motifs is 2. The lowest BCUT2D eigenvalue weighted by molar-refractivity contribution is -0.122. The summed E-state index contributed by atoms with van der Waals surface area (Å²) in [6.45, 7) is 0.677. The number of benzene rings is 1. The number of hydrogen-bond acceptors (Lipinski definition) is 2. The van der Waals surface area contributed by atoms with Crippen LogP contribution < -0.4 is 5.32 Å². The van der Waals surface area contributed by atoms with Crippen molar-refractivity contribution in [2.24, 2.45) is 5.92 Å². The van der Waals surface area contributed by atoms with Crippen LogP contribution in [0.1, 0.15) is 30.4 Å². The van der Waals surface area contributed by atoms with Gasteiger partial charge < -0.3 is 5.32 Å². The first-order valence-electron chi connectivity index (χ1n) is 6.75. The first-order chi connectivity index (χ1) is 8.78. The zero-order chi connectivity index (χ0) is 12.6. The molecule has 1 spiro atoms. The van der Waals surface area contributed by atoms with Crippen LogP contribution in [0.25, 0.3) is 0 Å². The van der Waals surface area contributed by atoms with Crippen molar-refractivity contribution in [3.8, 4) is 0 Å². The van der Waals surface area contributed by atoms with Crippen molar-refractivity contribution in [1.29, 1.82) is 0 Å². The van der Waals surface area contributed by atoms with E-state index in [1.165, 1.54) is 30.4 Å². The van der Waals surface area contributed by atoms with Gasteiger partial charge >= 0.3 is 0 Å². The van der Waals surface area contributed by atoms with Gasteiger partial charge in [0.25, 0.3) is 0 Å². The van der Waals surface area contributed by atoms with Crippen LogP contribution in [0, 0.1) is 5.92 Å². The number of rotatable bonds is 3. The molecule has 0 radical (unpaired) electrons. The Kier molecular flexibility index (Phi) is 3.10. The van der Waals surface area contributed by atoms with Crippen molar-refractivity contribution in [3.63, 3.8) is 0 Å². The van der Waals surface area contributed by atoms with Crippen molar-refractivity contribution < 1.29 is 4.79 Å². The molecule has 0 bridgehead atoms. The fraction of sp³-hybridized carbons (Fsp3) is 0.533. The standard InChI is InChI=1S/C15H19NOS/c17-14(16-8-9-18)13-10-15(13)7-3-5-11-4-1-2-6-12(11)15/h1-2,4,6,13,18H,3,5,7-10H2,(H,16,17). The third-order valence-corrected chi connectivity index (χ3v) is 4.65. The highest BCUT2D eigenvalue weighted by Gasteiger charge is 2.59. The van der Waals surface area contributed by atoms with Crippen molar-refractivity contribution in [1.82, 2.24) is 5.32 Å². The van der Waals surface area contributed by atoms with Gasteiger partial charge in [0.1, 0.15) is 0 Å². The molecule has 2 unspecified atom stereocenters. The van der Waals surface area contributed by atoms with E-state index in [2.05, 4.69) is 42.2 Å². The molecule has 1 fully saturated rings. The van der Waals surface area contributed by atoms with E-state index in [0.717, 1.165) is 6.42 Å². The summed E-state index contributed by atoms with van der Waals surface area (Å²) in [5, 5.41) is 2.98. The van der Waals surface area contributed by atoms with Gasteiger partial charge in [-0.2, -0.15) is 12.6 Å². The molecule has 96 valence electrons. The van der Waals surface area contributed by atoms with Crippen LogP contribution >= 0.6 is 12.6 Å². The number of nitrogens with one attached hydrogen (secondary N) is 1. The molecule has 1 amide bonds. The maximum Gasteiger partial charge on any atom is 0.224 e. The first-order valence-corrected chi connectivity index (χ1v) is 7.38. The Hall–Kier alpha value is -0.960. The van der Waals surface area contributed by atoms with Crippen molar-refractivity contribution >= 4 is 18.5 Å². The molecule has 2 atom stereocenters. The summed E-state index contributed by atoms with van der Waals surface area (Å²) in [4.78, 5) is 12.1. The molecule has 2 aliphatic carbocycles. The molecule has 3 rings (SSSR count). The van der Waals surface area contributed by atoms with Crippen LogP contribution in [0.15, 0.2) is 24.3 Å². The number of aryl methyl sites for hydroxylation is 1. The highest BCUT2D eigenvalue weighted by atomic mass is 32.1. The molecule has 3 heteroatoms. The molecule has 1 saturated carbocycles. The van der Waals surface area contributed by atoms with E-state index in [1.54, 1.807) is 0 Å². The molecule has 1 aromatic carbocycles. The van der Waals surface area contributed by atoms with Gasteiger partial charge in [-0.1, -0.05) is 24.3 Å². The molecule has 0 aliphatic heterocycles. The van der Waals surface area contributed by atoms with Gasteiger partial charge in [0, 0.05) is 23.6 Å². The molecule has 2 aliphatic rings. The zero-order valence-electron chi connectivity index (χ0n) is 10.5. The molecule has 18 heavy (non-hydrogen) atoms. The highest BCUT2D eigenvalue weighted by molar-refractivity contribution is 7.80. The number of hydrogen-bond donors (Lipinski definition) is 2. The molecule has 0 saturated heterocycles. The summed E-state index contributed by atoms with van der Waals surface area (Å²) in [7, 11) is 0. The predicted molar refractivity (Wildman–Crippen MR) is 76.0 cm³/mol. The monoisotopic (exact) mass is 261 g/mol. The minimum Gasteiger partial charge on any atom is -0.355 e. The summed E-state index contributed by atoms with van der Waals surface area (Å²) < 4.78 is 0. The number of amides is 1. The SMILES string of the molecule is O=C(NCCS)C1CC12CCCc1ccccc12. The van der Waals surface area contributed by atoms with Crippen LogP contribution in [-0.4, -0.2) is 18.2 Å². The number of thiol groups is 1. The van der Waals surface area contributed by atoms with Crippen LogP contribution in [-0.2, 0) is 16.6 Å². The largest absolute Gasteiger partial charge is 0.355 e. The van der Waals surface area contributed by atoms with Crippen LogP contribution in [0.3, 0.4) is 0 Å². The van der Waals surface area contributed by atoms with Gasteiger partial charge in [-0.05, 0) is 36.8 Å². The summed E-state index contributed by atoms with van der Waals surface area (Å²) in [5.41, 5.74) is 3.05. The Morgan fingerprint density at radius 2 is 2.28 bits per heavy atom. The predicted octanol–water partition coefficient (Wildman–Crippen LogP) is 2.33. The Labute approximate surface area is 114 Å². The fourth-order valence-electron chi connectivity index (χ4n) is 3.48. The lowest BCUT2D eigenvalue weighted by Crippen LogP contribution is -2.31. The lowest BCUT2D eigenvalue weighted by atomic mass is 9.78. The Balaban J connectivity index is 1.81. The van der Waals surface area contributed by atoms with E-state index in [0.29, 0.717) is 12.3 Å². The topological polar surface area (TPSA) is 29.1 Å². The molecule has 1 N–H and O–H groups in total. The smallest absolute Gasteiger partial charge is 0.224 e. The summed E-state index contributed by atoms with van der Waals surface area (Å²) >= 11 is 4.13. The maximum atomic E-state index is 12.1.